The van der Waals surface area contributed by atoms with Crippen LogP contribution in [-0.2, 0) is 21.3 Å². The van der Waals surface area contributed by atoms with E-state index in [0.29, 0.717) is 48.6 Å². The number of sulfonamides is 1. The molecular weight excluding hydrogens is 528 g/mol. The SMILES string of the molecule is O=c1cc(N2CCCOCC2)[nH]c2c(-c3cn(Cc4cccc(NS(=O)(=O)c5ccccc5)c4)nn3)cccc12. The summed E-state index contributed by atoms with van der Waals surface area (Å²) in [4.78, 5) is 18.8. The van der Waals surface area contributed by atoms with Crippen LogP contribution in [0.2, 0.25) is 0 Å². The van der Waals surface area contributed by atoms with E-state index in [-0.39, 0.29) is 10.3 Å². The second-order valence-electron chi connectivity index (χ2n) is 9.62. The highest BCUT2D eigenvalue weighted by Crippen LogP contribution is 2.26. The van der Waals surface area contributed by atoms with Crippen LogP contribution >= 0.6 is 0 Å². The molecule has 5 aromatic rings. The largest absolute Gasteiger partial charge is 0.380 e. The summed E-state index contributed by atoms with van der Waals surface area (Å²) < 4.78 is 35.4. The van der Waals surface area contributed by atoms with Gasteiger partial charge in [-0.1, -0.05) is 47.7 Å². The average Bonchev–Trinajstić information content (AvgIpc) is 3.24. The fourth-order valence-corrected chi connectivity index (χ4v) is 5.93. The van der Waals surface area contributed by atoms with Crippen molar-refractivity contribution in [3.05, 3.63) is 101 Å². The molecule has 40 heavy (non-hydrogen) atoms. The van der Waals surface area contributed by atoms with Crippen molar-refractivity contribution in [3.8, 4) is 11.3 Å². The molecule has 3 heterocycles. The highest BCUT2D eigenvalue weighted by molar-refractivity contribution is 7.92. The summed E-state index contributed by atoms with van der Waals surface area (Å²) in [6.07, 6.45) is 2.71. The summed E-state index contributed by atoms with van der Waals surface area (Å²) in [6.45, 7) is 3.23. The number of aromatic nitrogens is 4. The van der Waals surface area contributed by atoms with Crippen LogP contribution in [0.1, 0.15) is 12.0 Å². The Labute approximate surface area is 231 Å². The highest BCUT2D eigenvalue weighted by Gasteiger charge is 2.17. The molecule has 1 saturated heterocycles. The van der Waals surface area contributed by atoms with E-state index < -0.39 is 10.0 Å². The summed E-state index contributed by atoms with van der Waals surface area (Å²) in [5.74, 6) is 0.762. The van der Waals surface area contributed by atoms with Crippen molar-refractivity contribution in [2.24, 2.45) is 0 Å². The van der Waals surface area contributed by atoms with Crippen molar-refractivity contribution < 1.29 is 13.2 Å². The third kappa shape index (κ3) is 5.47. The second-order valence-corrected chi connectivity index (χ2v) is 11.3. The number of H-pyrrole nitrogens is 1. The molecule has 3 aromatic carbocycles. The lowest BCUT2D eigenvalue weighted by Gasteiger charge is -2.22. The lowest BCUT2D eigenvalue weighted by Crippen LogP contribution is -2.28. The van der Waals surface area contributed by atoms with Crippen LogP contribution in [0.15, 0.2) is 94.7 Å². The predicted octanol–water partition coefficient (Wildman–Crippen LogP) is 3.86. The molecular formula is C29H28N6O4S. The highest BCUT2D eigenvalue weighted by atomic mass is 32.2. The van der Waals surface area contributed by atoms with Gasteiger partial charge in [-0.25, -0.2) is 13.1 Å². The molecule has 6 rings (SSSR count). The van der Waals surface area contributed by atoms with E-state index in [4.69, 9.17) is 4.74 Å². The van der Waals surface area contributed by atoms with E-state index in [1.165, 1.54) is 0 Å². The molecule has 0 atom stereocenters. The standard InChI is InChI=1S/C29H28N6O4S/c36-27-18-28(34-13-6-15-39-16-14-34)30-29-24(11-5-12-25(27)29)26-20-35(33-31-26)19-21-7-4-8-22(17-21)32-40(37,38)23-9-2-1-3-10-23/h1-5,7-12,17-18,20,32H,6,13-16,19H2,(H,30,36). The quantitative estimate of drug-likeness (QED) is 0.312. The maximum absolute atomic E-state index is 13.0. The van der Waals surface area contributed by atoms with Gasteiger partial charge in [0.25, 0.3) is 10.0 Å². The van der Waals surface area contributed by atoms with Gasteiger partial charge in [0.05, 0.1) is 29.8 Å². The smallest absolute Gasteiger partial charge is 0.261 e. The molecule has 0 spiro atoms. The van der Waals surface area contributed by atoms with Crippen LogP contribution in [0.25, 0.3) is 22.2 Å². The number of nitrogens with one attached hydrogen (secondary N) is 2. The maximum Gasteiger partial charge on any atom is 0.261 e. The zero-order valence-electron chi connectivity index (χ0n) is 21.7. The molecule has 1 fully saturated rings. The molecule has 2 N–H and O–H groups in total. The Hall–Kier alpha value is -4.48. The molecule has 1 aliphatic rings. The van der Waals surface area contributed by atoms with Gasteiger partial charge >= 0.3 is 0 Å². The summed E-state index contributed by atoms with van der Waals surface area (Å²) in [5.41, 5.74) is 3.36. The zero-order chi connectivity index (χ0) is 27.5. The minimum Gasteiger partial charge on any atom is -0.380 e. The van der Waals surface area contributed by atoms with Crippen LogP contribution < -0.4 is 15.1 Å². The van der Waals surface area contributed by atoms with E-state index in [0.717, 1.165) is 29.9 Å². The molecule has 1 aliphatic heterocycles. The molecule has 0 radical (unpaired) electrons. The molecule has 0 saturated carbocycles. The number of nitrogens with zero attached hydrogens (tertiary/aromatic N) is 4. The van der Waals surface area contributed by atoms with Crippen molar-refractivity contribution in [3.63, 3.8) is 0 Å². The molecule has 0 unspecified atom stereocenters. The van der Waals surface area contributed by atoms with Crippen molar-refractivity contribution in [2.45, 2.75) is 17.9 Å². The van der Waals surface area contributed by atoms with Gasteiger partial charge in [0.15, 0.2) is 5.43 Å². The minimum atomic E-state index is -3.70. The first-order valence-electron chi connectivity index (χ1n) is 13.0. The molecule has 2 aromatic heterocycles. The molecule has 0 bridgehead atoms. The van der Waals surface area contributed by atoms with Crippen LogP contribution in [0.5, 0.6) is 0 Å². The Bertz CT molecular complexity index is 1810. The normalized spacial score (nSPS) is 14.2. The van der Waals surface area contributed by atoms with Crippen LogP contribution in [0, 0.1) is 0 Å². The third-order valence-electron chi connectivity index (χ3n) is 6.81. The second kappa shape index (κ2) is 10.9. The molecule has 204 valence electrons. The van der Waals surface area contributed by atoms with Crippen molar-refractivity contribution in [2.75, 3.05) is 35.9 Å². The number of rotatable bonds is 7. The zero-order valence-corrected chi connectivity index (χ0v) is 22.5. The van der Waals surface area contributed by atoms with Gasteiger partial charge in [-0.15, -0.1) is 5.10 Å². The van der Waals surface area contributed by atoms with Crippen LogP contribution in [0.4, 0.5) is 11.5 Å². The lowest BCUT2D eigenvalue weighted by atomic mass is 10.1. The van der Waals surface area contributed by atoms with Gasteiger partial charge in [0, 0.05) is 42.4 Å². The number of benzene rings is 3. The first kappa shape index (κ1) is 25.8. The molecule has 0 aliphatic carbocycles. The first-order valence-corrected chi connectivity index (χ1v) is 14.5. The Morgan fingerprint density at radius 3 is 2.67 bits per heavy atom. The Morgan fingerprint density at radius 1 is 0.950 bits per heavy atom. The Balaban J connectivity index is 1.26. The van der Waals surface area contributed by atoms with Gasteiger partial charge in [0.1, 0.15) is 11.5 Å². The van der Waals surface area contributed by atoms with Crippen molar-refractivity contribution in [1.29, 1.82) is 0 Å². The van der Waals surface area contributed by atoms with Crippen LogP contribution in [0.3, 0.4) is 0 Å². The fraction of sp³-hybridized carbons (Fsp3) is 0.207. The van der Waals surface area contributed by atoms with E-state index >= 15 is 0 Å². The number of hydrogen-bond donors (Lipinski definition) is 2. The van der Waals surface area contributed by atoms with Crippen molar-refractivity contribution in [1.82, 2.24) is 20.0 Å². The summed E-state index contributed by atoms with van der Waals surface area (Å²) in [6, 6.07) is 22.6. The number of aromatic amines is 1. The number of para-hydroxylation sites is 1. The lowest BCUT2D eigenvalue weighted by molar-refractivity contribution is 0.152. The third-order valence-corrected chi connectivity index (χ3v) is 8.20. The van der Waals surface area contributed by atoms with Gasteiger partial charge in [0.2, 0.25) is 0 Å². The van der Waals surface area contributed by atoms with Gasteiger partial charge in [-0.3, -0.25) is 9.52 Å². The van der Waals surface area contributed by atoms with Crippen molar-refractivity contribution >= 4 is 32.4 Å². The Kier molecular flexibility index (Phi) is 7.06. The summed E-state index contributed by atoms with van der Waals surface area (Å²) in [5, 5.41) is 9.27. The van der Waals surface area contributed by atoms with E-state index in [1.807, 2.05) is 24.4 Å². The van der Waals surface area contributed by atoms with E-state index in [2.05, 4.69) is 24.9 Å². The monoisotopic (exact) mass is 556 g/mol. The summed E-state index contributed by atoms with van der Waals surface area (Å²) in [7, 11) is -3.70. The molecule has 0 amide bonds. The van der Waals surface area contributed by atoms with Crippen LogP contribution in [-0.4, -0.2) is 54.7 Å². The maximum atomic E-state index is 13.0. The van der Waals surface area contributed by atoms with E-state index in [1.54, 1.807) is 65.3 Å². The first-order chi connectivity index (χ1) is 19.5. The number of pyridine rings is 1. The topological polar surface area (TPSA) is 122 Å². The number of anilines is 2. The molecule has 11 heteroatoms. The number of fused-ring (bicyclic) bond motifs is 1. The number of hydrogen-bond acceptors (Lipinski definition) is 7. The minimum absolute atomic E-state index is 0.0575. The molecule has 10 nitrogen and oxygen atoms in total. The summed E-state index contributed by atoms with van der Waals surface area (Å²) >= 11 is 0. The van der Waals surface area contributed by atoms with Gasteiger partial charge in [-0.05, 0) is 42.3 Å². The van der Waals surface area contributed by atoms with Gasteiger partial charge < -0.3 is 14.6 Å². The Morgan fingerprint density at radius 2 is 1.80 bits per heavy atom. The predicted molar refractivity (Wildman–Crippen MR) is 154 cm³/mol. The average molecular weight is 557 g/mol. The van der Waals surface area contributed by atoms with Gasteiger partial charge in [-0.2, -0.15) is 0 Å². The number of ether oxygens (including phenoxy) is 1. The van der Waals surface area contributed by atoms with E-state index in [9.17, 15) is 13.2 Å². The fourth-order valence-electron chi connectivity index (χ4n) is 4.86.